The highest BCUT2D eigenvalue weighted by Gasteiger charge is 2.16. The molecule has 0 saturated carbocycles. The van der Waals surface area contributed by atoms with Crippen molar-refractivity contribution in [1.29, 1.82) is 0 Å². The molecule has 0 aliphatic rings. The molecule has 7 heteroatoms. The predicted molar refractivity (Wildman–Crippen MR) is 103 cm³/mol. The Balaban J connectivity index is 1.88. The van der Waals surface area contributed by atoms with Gasteiger partial charge in [-0.25, -0.2) is 14.0 Å². The van der Waals surface area contributed by atoms with Crippen molar-refractivity contribution in [2.75, 3.05) is 17.7 Å². The molecule has 2 aromatic carbocycles. The maximum atomic E-state index is 12.9. The SMILES string of the molecule is CN(Cc1ccc(F)cc1)C(=O)Nc1ccc(NC(=O)OC(C)(C)C)cc1. The van der Waals surface area contributed by atoms with E-state index in [-0.39, 0.29) is 11.8 Å². The van der Waals surface area contributed by atoms with Crippen molar-refractivity contribution in [2.24, 2.45) is 0 Å². The lowest BCUT2D eigenvalue weighted by atomic mass is 10.2. The van der Waals surface area contributed by atoms with Gasteiger partial charge < -0.3 is 15.0 Å². The Hall–Kier alpha value is -3.09. The van der Waals surface area contributed by atoms with Gasteiger partial charge in [0.2, 0.25) is 0 Å². The molecule has 0 unspecified atom stereocenters. The van der Waals surface area contributed by atoms with Gasteiger partial charge >= 0.3 is 12.1 Å². The van der Waals surface area contributed by atoms with Crippen molar-refractivity contribution >= 4 is 23.5 Å². The number of halogens is 1. The van der Waals surface area contributed by atoms with E-state index in [1.807, 2.05) is 0 Å². The molecule has 144 valence electrons. The lowest BCUT2D eigenvalue weighted by molar-refractivity contribution is 0.0636. The van der Waals surface area contributed by atoms with Gasteiger partial charge in [-0.3, -0.25) is 5.32 Å². The summed E-state index contributed by atoms with van der Waals surface area (Å²) in [6, 6.07) is 12.4. The first-order chi connectivity index (χ1) is 12.6. The van der Waals surface area contributed by atoms with Crippen LogP contribution in [0.5, 0.6) is 0 Å². The number of urea groups is 1. The summed E-state index contributed by atoms with van der Waals surface area (Å²) in [7, 11) is 1.65. The number of nitrogens with one attached hydrogen (secondary N) is 2. The minimum Gasteiger partial charge on any atom is -0.444 e. The molecule has 0 aromatic heterocycles. The Labute approximate surface area is 158 Å². The highest BCUT2D eigenvalue weighted by atomic mass is 19.1. The summed E-state index contributed by atoms with van der Waals surface area (Å²) in [6.07, 6.45) is -0.543. The molecular weight excluding hydrogens is 349 g/mol. The smallest absolute Gasteiger partial charge is 0.412 e. The van der Waals surface area contributed by atoms with Crippen LogP contribution in [-0.4, -0.2) is 29.7 Å². The van der Waals surface area contributed by atoms with Crippen LogP contribution >= 0.6 is 0 Å². The number of ether oxygens (including phenoxy) is 1. The maximum Gasteiger partial charge on any atom is 0.412 e. The van der Waals surface area contributed by atoms with Crippen LogP contribution in [0.2, 0.25) is 0 Å². The zero-order valence-corrected chi connectivity index (χ0v) is 15.9. The van der Waals surface area contributed by atoms with Gasteiger partial charge in [0, 0.05) is 25.0 Å². The average molecular weight is 373 g/mol. The Morgan fingerprint density at radius 1 is 0.963 bits per heavy atom. The number of anilines is 2. The van der Waals surface area contributed by atoms with Crippen LogP contribution in [0.15, 0.2) is 48.5 Å². The minimum atomic E-state index is -0.576. The molecule has 0 radical (unpaired) electrons. The third kappa shape index (κ3) is 6.97. The largest absolute Gasteiger partial charge is 0.444 e. The molecule has 2 rings (SSSR count). The molecule has 3 amide bonds. The van der Waals surface area contributed by atoms with Gasteiger partial charge in [-0.05, 0) is 62.7 Å². The van der Waals surface area contributed by atoms with Gasteiger partial charge in [0.1, 0.15) is 11.4 Å². The van der Waals surface area contributed by atoms with E-state index < -0.39 is 11.7 Å². The minimum absolute atomic E-state index is 0.299. The Kier molecular flexibility index (Phi) is 6.39. The fraction of sp³-hybridized carbons (Fsp3) is 0.300. The highest BCUT2D eigenvalue weighted by molar-refractivity contribution is 5.90. The van der Waals surface area contributed by atoms with Crippen LogP contribution in [-0.2, 0) is 11.3 Å². The monoisotopic (exact) mass is 373 g/mol. The van der Waals surface area contributed by atoms with Crippen LogP contribution in [0, 0.1) is 5.82 Å². The molecule has 0 spiro atoms. The summed E-state index contributed by atoms with van der Waals surface area (Å²) in [5.41, 5.74) is 1.39. The van der Waals surface area contributed by atoms with Crippen LogP contribution in [0.3, 0.4) is 0 Å². The standard InChI is InChI=1S/C20H24FN3O3/c1-20(2,3)27-19(26)23-17-11-9-16(10-12-17)22-18(25)24(4)13-14-5-7-15(21)8-6-14/h5-12H,13H2,1-4H3,(H,22,25)(H,23,26). The number of benzene rings is 2. The molecule has 2 aromatic rings. The van der Waals surface area contributed by atoms with Gasteiger partial charge in [-0.2, -0.15) is 0 Å². The molecule has 0 atom stereocenters. The quantitative estimate of drug-likeness (QED) is 0.806. The van der Waals surface area contributed by atoms with Crippen LogP contribution < -0.4 is 10.6 Å². The van der Waals surface area contributed by atoms with Crippen molar-refractivity contribution in [3.63, 3.8) is 0 Å². The van der Waals surface area contributed by atoms with Crippen molar-refractivity contribution in [3.05, 3.63) is 59.9 Å². The summed E-state index contributed by atoms with van der Waals surface area (Å²) in [5.74, 6) is -0.314. The van der Waals surface area contributed by atoms with Gasteiger partial charge in [0.05, 0.1) is 0 Å². The van der Waals surface area contributed by atoms with E-state index in [2.05, 4.69) is 10.6 Å². The molecule has 0 fully saturated rings. The first-order valence-corrected chi connectivity index (χ1v) is 8.49. The van der Waals surface area contributed by atoms with E-state index in [1.165, 1.54) is 17.0 Å². The number of carbonyl (C=O) groups excluding carboxylic acids is 2. The molecule has 0 saturated heterocycles. The number of amides is 3. The summed E-state index contributed by atoms with van der Waals surface area (Å²) < 4.78 is 18.1. The van der Waals surface area contributed by atoms with Gasteiger partial charge in [-0.1, -0.05) is 12.1 Å². The van der Waals surface area contributed by atoms with Crippen LogP contribution in [0.4, 0.5) is 25.4 Å². The molecule has 0 aliphatic heterocycles. The van der Waals surface area contributed by atoms with Gasteiger partial charge in [0.15, 0.2) is 0 Å². The lowest BCUT2D eigenvalue weighted by Crippen LogP contribution is -2.30. The normalized spacial score (nSPS) is 10.9. The fourth-order valence-electron chi connectivity index (χ4n) is 2.21. The van der Waals surface area contributed by atoms with Crippen LogP contribution in [0.25, 0.3) is 0 Å². The van der Waals surface area contributed by atoms with Crippen molar-refractivity contribution in [1.82, 2.24) is 4.90 Å². The molecule has 2 N–H and O–H groups in total. The second-order valence-electron chi connectivity index (χ2n) is 7.12. The number of rotatable bonds is 4. The topological polar surface area (TPSA) is 70.7 Å². The van der Waals surface area contributed by atoms with Crippen molar-refractivity contribution < 1.29 is 18.7 Å². The summed E-state index contributed by atoms with van der Waals surface area (Å²) >= 11 is 0. The second kappa shape index (κ2) is 8.53. The molecule has 0 aliphatic carbocycles. The molecule has 0 heterocycles. The zero-order chi connectivity index (χ0) is 20.0. The zero-order valence-electron chi connectivity index (χ0n) is 15.9. The van der Waals surface area contributed by atoms with E-state index >= 15 is 0 Å². The van der Waals surface area contributed by atoms with Crippen molar-refractivity contribution in [3.8, 4) is 0 Å². The number of nitrogens with zero attached hydrogens (tertiary/aromatic N) is 1. The molecule has 0 bridgehead atoms. The van der Waals surface area contributed by atoms with E-state index in [0.29, 0.717) is 17.9 Å². The highest BCUT2D eigenvalue weighted by Crippen LogP contribution is 2.16. The van der Waals surface area contributed by atoms with E-state index in [9.17, 15) is 14.0 Å². The van der Waals surface area contributed by atoms with Gasteiger partial charge in [0.25, 0.3) is 0 Å². The second-order valence-corrected chi connectivity index (χ2v) is 7.12. The molecule has 6 nitrogen and oxygen atoms in total. The summed E-state index contributed by atoms with van der Waals surface area (Å²) in [4.78, 5) is 25.5. The average Bonchev–Trinajstić information content (AvgIpc) is 2.57. The number of hydrogen-bond acceptors (Lipinski definition) is 3. The molecular formula is C20H24FN3O3. The number of hydrogen-bond donors (Lipinski definition) is 2. The molecule has 27 heavy (non-hydrogen) atoms. The van der Waals surface area contributed by atoms with Crippen LogP contribution in [0.1, 0.15) is 26.3 Å². The summed E-state index contributed by atoms with van der Waals surface area (Å²) in [5, 5.41) is 5.39. The first kappa shape index (κ1) is 20.2. The Bertz CT molecular complexity index is 784. The Morgan fingerprint density at radius 2 is 1.48 bits per heavy atom. The number of carbonyl (C=O) groups is 2. The first-order valence-electron chi connectivity index (χ1n) is 8.49. The van der Waals surface area contributed by atoms with Gasteiger partial charge in [-0.15, -0.1) is 0 Å². The lowest BCUT2D eigenvalue weighted by Gasteiger charge is -2.20. The van der Waals surface area contributed by atoms with E-state index in [1.54, 1.807) is 64.2 Å². The fourth-order valence-corrected chi connectivity index (χ4v) is 2.21. The van der Waals surface area contributed by atoms with E-state index in [4.69, 9.17) is 4.74 Å². The maximum absolute atomic E-state index is 12.9. The summed E-state index contributed by atoms with van der Waals surface area (Å²) in [6.45, 7) is 5.71. The third-order valence-corrected chi connectivity index (χ3v) is 3.46. The predicted octanol–water partition coefficient (Wildman–Crippen LogP) is 4.84. The van der Waals surface area contributed by atoms with Crippen molar-refractivity contribution in [2.45, 2.75) is 32.9 Å². The Morgan fingerprint density at radius 3 is 2.00 bits per heavy atom. The third-order valence-electron chi connectivity index (χ3n) is 3.46. The van der Waals surface area contributed by atoms with E-state index in [0.717, 1.165) is 5.56 Å².